The summed E-state index contributed by atoms with van der Waals surface area (Å²) < 4.78 is 1.89. The molecule has 0 spiro atoms. The van der Waals surface area contributed by atoms with Crippen LogP contribution in [0.25, 0.3) is 0 Å². The lowest BCUT2D eigenvalue weighted by atomic mass is 10.8. The Morgan fingerprint density at radius 1 is 1.71 bits per heavy atom. The molecule has 2 nitrogen and oxygen atoms in total. The van der Waals surface area contributed by atoms with E-state index in [1.807, 2.05) is 16.7 Å². The first kappa shape index (κ1) is 5.51. The van der Waals surface area contributed by atoms with Gasteiger partial charge in [0, 0.05) is 12.4 Å². The molecule has 1 aromatic rings. The number of halogens is 1. The summed E-state index contributed by atoms with van der Waals surface area (Å²) in [5.41, 5.74) is 0. The fourth-order valence-electron chi connectivity index (χ4n) is 0.319. The molecule has 0 saturated carbocycles. The van der Waals surface area contributed by atoms with E-state index >= 15 is 0 Å². The molecule has 7 heavy (non-hydrogen) atoms. The van der Waals surface area contributed by atoms with Crippen LogP contribution < -0.4 is 0 Å². The summed E-state index contributed by atoms with van der Waals surface area (Å²) in [7, 11) is 0. The van der Waals surface area contributed by atoms with E-state index < -0.39 is 0 Å². The predicted molar refractivity (Wildman–Crippen MR) is 40.0 cm³/mol. The number of rotatable bonds is 1. The van der Waals surface area contributed by atoms with E-state index in [1.165, 1.54) is 0 Å². The third-order valence-electron chi connectivity index (χ3n) is 0.591. The van der Waals surface area contributed by atoms with Gasteiger partial charge in [-0.15, -0.1) is 0 Å². The first-order valence-electron chi connectivity index (χ1n) is 1.80. The zero-order valence-electron chi connectivity index (χ0n) is 3.50. The van der Waals surface area contributed by atoms with E-state index in [1.54, 1.807) is 6.20 Å². The van der Waals surface area contributed by atoms with Crippen molar-refractivity contribution >= 4 is 28.4 Å². The SMILES string of the molecule is IPn1cccn1. The minimum atomic E-state index is 0.730. The Labute approximate surface area is 56.6 Å². The molecule has 0 radical (unpaired) electrons. The maximum atomic E-state index is 3.96. The van der Waals surface area contributed by atoms with Gasteiger partial charge < -0.3 is 0 Å². The summed E-state index contributed by atoms with van der Waals surface area (Å²) >= 11 is 2.28. The van der Waals surface area contributed by atoms with Gasteiger partial charge in [0.15, 0.2) is 0 Å². The van der Waals surface area contributed by atoms with Gasteiger partial charge in [0.2, 0.25) is 0 Å². The Hall–Kier alpha value is 0.370. The summed E-state index contributed by atoms with van der Waals surface area (Å²) in [5.74, 6) is 0. The van der Waals surface area contributed by atoms with Gasteiger partial charge in [-0.3, -0.25) is 0 Å². The lowest BCUT2D eigenvalue weighted by molar-refractivity contribution is 1.01. The maximum Gasteiger partial charge on any atom is 0.0677 e. The van der Waals surface area contributed by atoms with E-state index in [0.29, 0.717) is 0 Å². The summed E-state index contributed by atoms with van der Waals surface area (Å²) in [6.07, 6.45) is 4.46. The zero-order chi connectivity index (χ0) is 5.11. The van der Waals surface area contributed by atoms with Crippen molar-refractivity contribution in [1.29, 1.82) is 0 Å². The van der Waals surface area contributed by atoms with Gasteiger partial charge in [0.25, 0.3) is 0 Å². The lowest BCUT2D eigenvalue weighted by Crippen LogP contribution is -1.75. The van der Waals surface area contributed by atoms with Crippen LogP contribution in [0.1, 0.15) is 0 Å². The van der Waals surface area contributed by atoms with Crippen molar-refractivity contribution < 1.29 is 0 Å². The van der Waals surface area contributed by atoms with Crippen LogP contribution in [0.3, 0.4) is 0 Å². The van der Waals surface area contributed by atoms with Crippen LogP contribution >= 0.6 is 28.4 Å². The summed E-state index contributed by atoms with van der Waals surface area (Å²) in [6.45, 7) is 0. The highest BCUT2D eigenvalue weighted by atomic mass is 127. The van der Waals surface area contributed by atoms with Crippen LogP contribution in [0.5, 0.6) is 0 Å². The minimum absolute atomic E-state index is 0.730. The first-order chi connectivity index (χ1) is 3.43. The molecule has 0 bridgehead atoms. The standard InChI is InChI=1S/C3H4IN2P/c4-7-6-3-1-2-5-6/h1-3,7H. The lowest BCUT2D eigenvalue weighted by Gasteiger charge is -1.85. The van der Waals surface area contributed by atoms with Gasteiger partial charge in [0.05, 0.1) is 6.37 Å². The fourth-order valence-corrected chi connectivity index (χ4v) is 1.43. The molecule has 0 N–H and O–H groups in total. The van der Waals surface area contributed by atoms with Crippen LogP contribution in [0.2, 0.25) is 0 Å². The molecule has 38 valence electrons. The molecule has 1 aromatic heterocycles. The van der Waals surface area contributed by atoms with E-state index in [4.69, 9.17) is 0 Å². The predicted octanol–water partition coefficient (Wildman–Crippen LogP) is 1.67. The van der Waals surface area contributed by atoms with Gasteiger partial charge >= 0.3 is 0 Å². The number of hydrogen-bond acceptors (Lipinski definition) is 1. The molecule has 0 fully saturated rings. The third-order valence-corrected chi connectivity index (χ3v) is 2.51. The monoisotopic (exact) mass is 226 g/mol. The Morgan fingerprint density at radius 2 is 2.57 bits per heavy atom. The Balaban J connectivity index is 2.76. The smallest absolute Gasteiger partial charge is 0.0677 e. The van der Waals surface area contributed by atoms with E-state index in [-0.39, 0.29) is 0 Å². The average Bonchev–Trinajstić information content (AvgIpc) is 2.14. The van der Waals surface area contributed by atoms with Crippen molar-refractivity contribution in [3.63, 3.8) is 0 Å². The highest BCUT2D eigenvalue weighted by Gasteiger charge is 1.78. The molecule has 4 heteroatoms. The van der Waals surface area contributed by atoms with E-state index in [0.717, 1.165) is 6.37 Å². The van der Waals surface area contributed by atoms with Crippen molar-refractivity contribution in [3.8, 4) is 0 Å². The second kappa shape index (κ2) is 2.62. The largest absolute Gasteiger partial charge is 0.245 e. The number of nitrogens with zero attached hydrogens (tertiary/aromatic N) is 2. The molecule has 0 aliphatic carbocycles. The second-order valence-electron chi connectivity index (χ2n) is 1.04. The van der Waals surface area contributed by atoms with Crippen molar-refractivity contribution in [2.75, 3.05) is 0 Å². The Kier molecular flexibility index (Phi) is 2.06. The van der Waals surface area contributed by atoms with Crippen molar-refractivity contribution in [2.24, 2.45) is 0 Å². The molecule has 0 aromatic carbocycles. The van der Waals surface area contributed by atoms with Gasteiger partial charge in [-0.2, -0.15) is 5.10 Å². The molecule has 1 atom stereocenters. The first-order valence-corrected chi connectivity index (χ1v) is 5.86. The summed E-state index contributed by atoms with van der Waals surface area (Å²) in [4.78, 5) is 0. The van der Waals surface area contributed by atoms with Gasteiger partial charge in [0.1, 0.15) is 0 Å². The maximum absolute atomic E-state index is 3.96. The molecule has 1 heterocycles. The van der Waals surface area contributed by atoms with Gasteiger partial charge in [-0.1, -0.05) is 0 Å². The third kappa shape index (κ3) is 1.39. The number of aromatic nitrogens is 2. The van der Waals surface area contributed by atoms with Gasteiger partial charge in [-0.25, -0.2) is 4.45 Å². The minimum Gasteiger partial charge on any atom is -0.245 e. The fraction of sp³-hybridized carbons (Fsp3) is 0. The van der Waals surface area contributed by atoms with E-state index in [9.17, 15) is 0 Å². The van der Waals surface area contributed by atoms with Crippen molar-refractivity contribution in [3.05, 3.63) is 18.5 Å². The molecule has 1 unspecified atom stereocenters. The average molecular weight is 226 g/mol. The normalized spacial score (nSPS) is 11.0. The molecule has 0 aliphatic heterocycles. The van der Waals surface area contributed by atoms with Crippen LogP contribution in [-0.4, -0.2) is 9.55 Å². The molecule has 1 rings (SSSR count). The molecule has 0 amide bonds. The van der Waals surface area contributed by atoms with Crippen LogP contribution in [0, 0.1) is 0 Å². The van der Waals surface area contributed by atoms with Crippen LogP contribution in [0.15, 0.2) is 18.5 Å². The van der Waals surface area contributed by atoms with Crippen LogP contribution in [0.4, 0.5) is 0 Å². The summed E-state index contributed by atoms with van der Waals surface area (Å²) in [6, 6.07) is 1.92. The zero-order valence-corrected chi connectivity index (χ0v) is 6.66. The topological polar surface area (TPSA) is 17.8 Å². The van der Waals surface area contributed by atoms with E-state index in [2.05, 4.69) is 27.1 Å². The molecule has 0 saturated heterocycles. The highest BCUT2D eigenvalue weighted by molar-refractivity contribution is 14.2. The number of hydrogen-bond donors (Lipinski definition) is 0. The van der Waals surface area contributed by atoms with Crippen LogP contribution in [-0.2, 0) is 0 Å². The highest BCUT2D eigenvalue weighted by Crippen LogP contribution is 2.20. The molecular weight excluding hydrogens is 222 g/mol. The van der Waals surface area contributed by atoms with Gasteiger partial charge in [-0.05, 0) is 28.1 Å². The second-order valence-corrected chi connectivity index (χ2v) is 3.11. The molecular formula is C3H4IN2P. The molecule has 0 aliphatic rings. The Bertz CT molecular complexity index is 127. The van der Waals surface area contributed by atoms with Crippen molar-refractivity contribution in [1.82, 2.24) is 9.55 Å². The van der Waals surface area contributed by atoms with Crippen molar-refractivity contribution in [2.45, 2.75) is 0 Å². The summed E-state index contributed by atoms with van der Waals surface area (Å²) in [5, 5.41) is 3.96. The Morgan fingerprint density at radius 3 is 2.86 bits per heavy atom. The quantitative estimate of drug-likeness (QED) is 0.526.